The lowest BCUT2D eigenvalue weighted by Gasteiger charge is -2.39. The molecule has 0 spiro atoms. The van der Waals surface area contributed by atoms with E-state index in [0.717, 1.165) is 25.7 Å². The summed E-state index contributed by atoms with van der Waals surface area (Å²) in [5.74, 6) is 0.573. The number of nitrogens with one attached hydrogen (secondary N) is 1. The Labute approximate surface area is 99.9 Å². The monoisotopic (exact) mass is 247 g/mol. The summed E-state index contributed by atoms with van der Waals surface area (Å²) < 4.78 is 23.6. The molecule has 0 atom stereocenters. The molecule has 0 heterocycles. The Morgan fingerprint density at radius 2 is 1.75 bits per heavy atom. The van der Waals surface area contributed by atoms with E-state index in [4.69, 9.17) is 0 Å². The Morgan fingerprint density at radius 3 is 2.19 bits per heavy atom. The average molecular weight is 247 g/mol. The Morgan fingerprint density at radius 1 is 1.19 bits per heavy atom. The summed E-state index contributed by atoms with van der Waals surface area (Å²) in [7, 11) is -2.89. The molecule has 1 rings (SSSR count). The van der Waals surface area contributed by atoms with Crippen LogP contribution in [0, 0.1) is 0 Å². The van der Waals surface area contributed by atoms with E-state index in [1.165, 1.54) is 6.42 Å². The lowest BCUT2D eigenvalue weighted by atomic mass is 9.82. The van der Waals surface area contributed by atoms with E-state index in [9.17, 15) is 8.42 Å². The van der Waals surface area contributed by atoms with Crippen molar-refractivity contribution in [3.05, 3.63) is 0 Å². The molecule has 1 fully saturated rings. The summed E-state index contributed by atoms with van der Waals surface area (Å²) in [5, 5.41) is 3.51. The van der Waals surface area contributed by atoms with Crippen LogP contribution in [-0.2, 0) is 9.84 Å². The molecular weight excluding hydrogens is 222 g/mol. The normalized spacial score (nSPS) is 21.2. The first-order valence-electron chi connectivity index (χ1n) is 6.37. The van der Waals surface area contributed by atoms with Crippen LogP contribution in [0.3, 0.4) is 0 Å². The van der Waals surface area contributed by atoms with Gasteiger partial charge in [0.05, 0.1) is 5.75 Å². The van der Waals surface area contributed by atoms with E-state index in [0.29, 0.717) is 11.8 Å². The molecule has 3 nitrogen and oxygen atoms in total. The molecule has 0 radical (unpaired) electrons. The molecule has 0 saturated heterocycles. The number of hydrogen-bond acceptors (Lipinski definition) is 3. The number of hydrogen-bond donors (Lipinski definition) is 1. The summed E-state index contributed by atoms with van der Waals surface area (Å²) in [6, 6.07) is 0.352. The highest BCUT2D eigenvalue weighted by molar-refractivity contribution is 7.91. The summed E-state index contributed by atoms with van der Waals surface area (Å²) >= 11 is 0. The molecule has 1 aliphatic carbocycles. The van der Waals surface area contributed by atoms with Crippen molar-refractivity contribution in [2.45, 2.75) is 64.5 Å². The van der Waals surface area contributed by atoms with Crippen molar-refractivity contribution in [2.75, 3.05) is 11.5 Å². The minimum Gasteiger partial charge on any atom is -0.308 e. The van der Waals surface area contributed by atoms with Crippen LogP contribution in [0.2, 0.25) is 0 Å². The van der Waals surface area contributed by atoms with Gasteiger partial charge in [-0.15, -0.1) is 0 Å². The summed E-state index contributed by atoms with van der Waals surface area (Å²) in [4.78, 5) is 0. The Balaban J connectivity index is 2.78. The Kier molecular flexibility index (Phi) is 4.80. The van der Waals surface area contributed by atoms with E-state index < -0.39 is 9.84 Å². The first-order valence-corrected chi connectivity index (χ1v) is 8.19. The van der Waals surface area contributed by atoms with Crippen LogP contribution in [0.15, 0.2) is 0 Å². The fourth-order valence-electron chi connectivity index (χ4n) is 2.69. The van der Waals surface area contributed by atoms with Gasteiger partial charge in [-0.2, -0.15) is 0 Å². The van der Waals surface area contributed by atoms with E-state index in [1.807, 2.05) is 0 Å². The van der Waals surface area contributed by atoms with Gasteiger partial charge in [0.15, 0.2) is 9.84 Å². The van der Waals surface area contributed by atoms with E-state index >= 15 is 0 Å². The zero-order chi connectivity index (χ0) is 12.2. The Bertz CT molecular complexity index is 303. The molecule has 0 aromatic carbocycles. The third kappa shape index (κ3) is 4.06. The third-order valence-corrected chi connectivity index (χ3v) is 5.21. The highest BCUT2D eigenvalue weighted by Gasteiger charge is 2.36. The Hall–Kier alpha value is -0.0900. The summed E-state index contributed by atoms with van der Waals surface area (Å²) in [6.07, 6.45) is 5.56. The van der Waals surface area contributed by atoms with Crippen molar-refractivity contribution in [3.8, 4) is 0 Å². The zero-order valence-electron chi connectivity index (χ0n) is 10.8. The van der Waals surface area contributed by atoms with Gasteiger partial charge in [-0.3, -0.25) is 0 Å². The highest BCUT2D eigenvalue weighted by Crippen LogP contribution is 2.30. The van der Waals surface area contributed by atoms with Crippen LogP contribution >= 0.6 is 0 Å². The predicted molar refractivity (Wildman–Crippen MR) is 68.4 cm³/mol. The molecule has 0 aromatic rings. The van der Waals surface area contributed by atoms with Crippen molar-refractivity contribution in [2.24, 2.45) is 0 Å². The van der Waals surface area contributed by atoms with Crippen molar-refractivity contribution in [1.82, 2.24) is 5.32 Å². The van der Waals surface area contributed by atoms with Crippen LogP contribution in [0.25, 0.3) is 0 Å². The number of rotatable bonds is 5. The smallest absolute Gasteiger partial charge is 0.151 e. The SMILES string of the molecule is CCS(=O)(=O)CC1(NC(C)C)CCCCC1. The van der Waals surface area contributed by atoms with Crippen molar-refractivity contribution >= 4 is 9.84 Å². The van der Waals surface area contributed by atoms with Crippen LogP contribution in [0.5, 0.6) is 0 Å². The van der Waals surface area contributed by atoms with Gasteiger partial charge in [-0.25, -0.2) is 8.42 Å². The molecule has 0 unspecified atom stereocenters. The molecule has 0 amide bonds. The van der Waals surface area contributed by atoms with Gasteiger partial charge in [0.2, 0.25) is 0 Å². The number of sulfone groups is 1. The largest absolute Gasteiger partial charge is 0.308 e. The molecular formula is C12H25NO2S. The van der Waals surface area contributed by atoms with Crippen LogP contribution in [0.4, 0.5) is 0 Å². The van der Waals surface area contributed by atoms with E-state index in [2.05, 4.69) is 19.2 Å². The minimum atomic E-state index is -2.89. The summed E-state index contributed by atoms with van der Waals surface area (Å²) in [6.45, 7) is 5.92. The van der Waals surface area contributed by atoms with Crippen molar-refractivity contribution in [1.29, 1.82) is 0 Å². The average Bonchev–Trinajstić information content (AvgIpc) is 2.16. The summed E-state index contributed by atoms with van der Waals surface area (Å²) in [5.41, 5.74) is -0.152. The van der Waals surface area contributed by atoms with Gasteiger partial charge in [0, 0.05) is 17.3 Å². The molecule has 0 bridgehead atoms. The minimum absolute atomic E-state index is 0.152. The second-order valence-corrected chi connectivity index (χ2v) is 7.67. The lowest BCUT2D eigenvalue weighted by Crippen LogP contribution is -2.54. The maximum Gasteiger partial charge on any atom is 0.151 e. The fraction of sp³-hybridized carbons (Fsp3) is 1.00. The first kappa shape index (κ1) is 14.0. The second-order valence-electron chi connectivity index (χ2n) is 5.32. The van der Waals surface area contributed by atoms with E-state index in [-0.39, 0.29) is 11.3 Å². The van der Waals surface area contributed by atoms with E-state index in [1.54, 1.807) is 6.92 Å². The zero-order valence-corrected chi connectivity index (χ0v) is 11.6. The van der Waals surface area contributed by atoms with Gasteiger partial charge < -0.3 is 5.32 Å². The maximum absolute atomic E-state index is 11.8. The molecule has 1 N–H and O–H groups in total. The van der Waals surface area contributed by atoms with Crippen LogP contribution < -0.4 is 5.32 Å². The lowest BCUT2D eigenvalue weighted by molar-refractivity contribution is 0.240. The topological polar surface area (TPSA) is 46.2 Å². The standard InChI is InChI=1S/C12H25NO2S/c1-4-16(14,15)10-12(13-11(2)3)8-6-5-7-9-12/h11,13H,4-10H2,1-3H3. The van der Waals surface area contributed by atoms with Crippen LogP contribution in [-0.4, -0.2) is 31.5 Å². The molecule has 0 aromatic heterocycles. The molecule has 0 aliphatic heterocycles. The second kappa shape index (κ2) is 5.50. The maximum atomic E-state index is 11.8. The molecule has 1 aliphatic rings. The van der Waals surface area contributed by atoms with Crippen molar-refractivity contribution < 1.29 is 8.42 Å². The van der Waals surface area contributed by atoms with Gasteiger partial charge in [0.25, 0.3) is 0 Å². The first-order chi connectivity index (χ1) is 7.39. The molecule has 4 heteroatoms. The third-order valence-electron chi connectivity index (χ3n) is 3.34. The fourth-order valence-corrected chi connectivity index (χ4v) is 4.11. The molecule has 96 valence electrons. The van der Waals surface area contributed by atoms with Gasteiger partial charge in [0.1, 0.15) is 0 Å². The van der Waals surface area contributed by atoms with Gasteiger partial charge in [-0.05, 0) is 12.8 Å². The highest BCUT2D eigenvalue weighted by atomic mass is 32.2. The molecule has 1 saturated carbocycles. The molecule has 16 heavy (non-hydrogen) atoms. The quantitative estimate of drug-likeness (QED) is 0.809. The van der Waals surface area contributed by atoms with Gasteiger partial charge in [-0.1, -0.05) is 40.0 Å². The van der Waals surface area contributed by atoms with Crippen LogP contribution in [0.1, 0.15) is 52.9 Å². The predicted octanol–water partition coefficient (Wildman–Crippen LogP) is 2.12. The van der Waals surface area contributed by atoms with Crippen molar-refractivity contribution in [3.63, 3.8) is 0 Å². The van der Waals surface area contributed by atoms with Gasteiger partial charge >= 0.3 is 0 Å².